The lowest BCUT2D eigenvalue weighted by atomic mass is 9.70. The van der Waals surface area contributed by atoms with Crippen molar-refractivity contribution in [1.82, 2.24) is 4.90 Å². The highest BCUT2D eigenvalue weighted by molar-refractivity contribution is 5.38. The highest BCUT2D eigenvalue weighted by Gasteiger charge is 2.59. The third-order valence-corrected chi connectivity index (χ3v) is 5.11. The molecule has 110 valence electrons. The first-order valence-electron chi connectivity index (χ1n) is 7.59. The number of aromatic hydroxyl groups is 1. The summed E-state index contributed by atoms with van der Waals surface area (Å²) in [6, 6.07) is 5.56. The van der Waals surface area contributed by atoms with Crippen molar-refractivity contribution in [2.45, 2.75) is 31.8 Å². The number of fused-ring (bicyclic) bond motifs is 1. The van der Waals surface area contributed by atoms with Crippen LogP contribution in [0, 0.1) is 24.7 Å². The van der Waals surface area contributed by atoms with Crippen LogP contribution in [0.4, 0.5) is 0 Å². The Hall–Kier alpha value is -1.06. The van der Waals surface area contributed by atoms with Gasteiger partial charge < -0.3 is 15.1 Å². The van der Waals surface area contributed by atoms with Gasteiger partial charge in [-0.15, -0.1) is 0 Å². The molecule has 0 unspecified atom stereocenters. The molecule has 20 heavy (non-hydrogen) atoms. The Morgan fingerprint density at radius 2 is 2.00 bits per heavy atom. The van der Waals surface area contributed by atoms with Crippen LogP contribution in [0.5, 0.6) is 5.75 Å². The van der Waals surface area contributed by atoms with E-state index < -0.39 is 5.60 Å². The first-order valence-corrected chi connectivity index (χ1v) is 7.59. The van der Waals surface area contributed by atoms with Gasteiger partial charge in [-0.2, -0.15) is 0 Å². The summed E-state index contributed by atoms with van der Waals surface area (Å²) in [4.78, 5) is 2.16. The number of aryl methyl sites for hydroxylation is 1. The van der Waals surface area contributed by atoms with Crippen LogP contribution < -0.4 is 0 Å². The van der Waals surface area contributed by atoms with Gasteiger partial charge in [0.05, 0.1) is 5.60 Å². The van der Waals surface area contributed by atoms with Crippen LogP contribution in [-0.4, -0.2) is 35.8 Å². The predicted octanol–water partition coefficient (Wildman–Crippen LogP) is 2.50. The lowest BCUT2D eigenvalue weighted by Gasteiger charge is -2.42. The molecular weight excluding hydrogens is 250 g/mol. The van der Waals surface area contributed by atoms with E-state index in [1.54, 1.807) is 12.1 Å². The Balaban J connectivity index is 2.00. The molecule has 1 aromatic carbocycles. The number of hydrogen-bond acceptors (Lipinski definition) is 3. The Morgan fingerprint density at radius 1 is 1.25 bits per heavy atom. The molecule has 0 saturated heterocycles. The van der Waals surface area contributed by atoms with E-state index in [0.29, 0.717) is 11.8 Å². The molecule has 1 aromatic rings. The van der Waals surface area contributed by atoms with Crippen molar-refractivity contribution in [3.63, 3.8) is 0 Å². The molecule has 0 bridgehead atoms. The largest absolute Gasteiger partial charge is 0.508 e. The number of rotatable bonds is 3. The summed E-state index contributed by atoms with van der Waals surface area (Å²) in [5, 5.41) is 21.4. The van der Waals surface area contributed by atoms with Crippen molar-refractivity contribution in [3.8, 4) is 5.75 Å². The molecule has 0 spiro atoms. The first-order chi connectivity index (χ1) is 9.41. The van der Waals surface area contributed by atoms with E-state index in [2.05, 4.69) is 19.0 Å². The number of phenols is 1. The second-order valence-corrected chi connectivity index (χ2v) is 7.02. The van der Waals surface area contributed by atoms with Gasteiger partial charge in [-0.05, 0) is 75.4 Å². The standard InChI is InChI=1S/C17H25NO2/c1-11-6-14(9-15(19)7-11)17(20)13(10-18(2)3)5-4-12-8-16(12)17/h6-7,9,12-13,16,19-20H,4-5,8,10H2,1-3H3/t12-,13-,16+,17-/m1/s1. The molecule has 3 heteroatoms. The van der Waals surface area contributed by atoms with Gasteiger partial charge in [0.15, 0.2) is 0 Å². The average Bonchev–Trinajstić information content (AvgIpc) is 3.11. The zero-order chi connectivity index (χ0) is 14.5. The zero-order valence-corrected chi connectivity index (χ0v) is 12.6. The monoisotopic (exact) mass is 275 g/mol. The van der Waals surface area contributed by atoms with Gasteiger partial charge >= 0.3 is 0 Å². The van der Waals surface area contributed by atoms with E-state index in [0.717, 1.165) is 30.5 Å². The molecule has 0 amide bonds. The van der Waals surface area contributed by atoms with Crippen LogP contribution in [0.25, 0.3) is 0 Å². The van der Waals surface area contributed by atoms with Crippen LogP contribution in [0.15, 0.2) is 18.2 Å². The molecule has 0 aliphatic heterocycles. The van der Waals surface area contributed by atoms with Crippen molar-refractivity contribution in [3.05, 3.63) is 29.3 Å². The molecular formula is C17H25NO2. The molecule has 3 nitrogen and oxygen atoms in total. The molecule has 0 aromatic heterocycles. The first kappa shape index (κ1) is 13.9. The fourth-order valence-corrected chi connectivity index (χ4v) is 4.16. The predicted molar refractivity (Wildman–Crippen MR) is 79.6 cm³/mol. The Morgan fingerprint density at radius 3 is 2.65 bits per heavy atom. The topological polar surface area (TPSA) is 43.7 Å². The normalized spacial score (nSPS) is 36.0. The number of aliphatic hydroxyl groups is 1. The molecule has 2 fully saturated rings. The molecule has 2 N–H and O–H groups in total. The molecule has 2 saturated carbocycles. The van der Waals surface area contributed by atoms with Crippen molar-refractivity contribution in [1.29, 1.82) is 0 Å². The second kappa shape index (κ2) is 4.74. The summed E-state index contributed by atoms with van der Waals surface area (Å²) in [5.74, 6) is 1.57. The van der Waals surface area contributed by atoms with Crippen molar-refractivity contribution < 1.29 is 10.2 Å². The Bertz CT molecular complexity index is 493. The molecule has 2 aliphatic rings. The molecule has 0 radical (unpaired) electrons. The van der Waals surface area contributed by atoms with E-state index >= 15 is 0 Å². The maximum Gasteiger partial charge on any atom is 0.116 e. The van der Waals surface area contributed by atoms with E-state index in [1.807, 2.05) is 13.0 Å². The van der Waals surface area contributed by atoms with E-state index in [4.69, 9.17) is 0 Å². The van der Waals surface area contributed by atoms with Crippen molar-refractivity contribution in [2.75, 3.05) is 20.6 Å². The van der Waals surface area contributed by atoms with Crippen LogP contribution >= 0.6 is 0 Å². The summed E-state index contributed by atoms with van der Waals surface area (Å²) in [6.45, 7) is 2.87. The Labute approximate surface area is 121 Å². The summed E-state index contributed by atoms with van der Waals surface area (Å²) in [7, 11) is 4.13. The smallest absolute Gasteiger partial charge is 0.116 e. The van der Waals surface area contributed by atoms with Crippen LogP contribution in [0.3, 0.4) is 0 Å². The van der Waals surface area contributed by atoms with Gasteiger partial charge in [0.25, 0.3) is 0 Å². The van der Waals surface area contributed by atoms with Gasteiger partial charge in [-0.3, -0.25) is 0 Å². The maximum atomic E-state index is 11.5. The van der Waals surface area contributed by atoms with Gasteiger partial charge in [-0.25, -0.2) is 0 Å². The van der Waals surface area contributed by atoms with Gasteiger partial charge in [0, 0.05) is 12.5 Å². The average molecular weight is 275 g/mol. The highest BCUT2D eigenvalue weighted by atomic mass is 16.3. The molecule has 0 heterocycles. The number of benzene rings is 1. The van der Waals surface area contributed by atoms with Crippen LogP contribution in [0.1, 0.15) is 30.4 Å². The van der Waals surface area contributed by atoms with Crippen LogP contribution in [0.2, 0.25) is 0 Å². The summed E-state index contributed by atoms with van der Waals surface area (Å²) in [5.41, 5.74) is 1.16. The quantitative estimate of drug-likeness (QED) is 0.891. The van der Waals surface area contributed by atoms with E-state index in [-0.39, 0.29) is 11.7 Å². The summed E-state index contributed by atoms with van der Waals surface area (Å²) < 4.78 is 0. The van der Waals surface area contributed by atoms with Crippen molar-refractivity contribution >= 4 is 0 Å². The minimum Gasteiger partial charge on any atom is -0.508 e. The number of hydrogen-bond donors (Lipinski definition) is 2. The lowest BCUT2D eigenvalue weighted by molar-refractivity contribution is -0.0751. The fourth-order valence-electron chi connectivity index (χ4n) is 4.16. The van der Waals surface area contributed by atoms with E-state index in [1.165, 1.54) is 6.42 Å². The zero-order valence-electron chi connectivity index (χ0n) is 12.6. The minimum atomic E-state index is -0.767. The lowest BCUT2D eigenvalue weighted by Crippen LogP contribution is -2.45. The number of nitrogens with zero attached hydrogens (tertiary/aromatic N) is 1. The van der Waals surface area contributed by atoms with Crippen LogP contribution in [-0.2, 0) is 5.60 Å². The molecule has 3 rings (SSSR count). The highest BCUT2D eigenvalue weighted by Crippen LogP contribution is 2.61. The molecule has 4 atom stereocenters. The third-order valence-electron chi connectivity index (χ3n) is 5.11. The fraction of sp³-hybridized carbons (Fsp3) is 0.647. The van der Waals surface area contributed by atoms with Gasteiger partial charge in [0.1, 0.15) is 5.75 Å². The summed E-state index contributed by atoms with van der Waals surface area (Å²) in [6.07, 6.45) is 3.45. The van der Waals surface area contributed by atoms with Gasteiger partial charge in [-0.1, -0.05) is 6.07 Å². The number of phenolic OH excluding ortho intramolecular Hbond substituents is 1. The van der Waals surface area contributed by atoms with E-state index in [9.17, 15) is 10.2 Å². The SMILES string of the molecule is Cc1cc(O)cc([C@]2(O)[C@@H](CN(C)C)CC[C@@H]3C[C@@H]32)c1. The minimum absolute atomic E-state index is 0.252. The second-order valence-electron chi connectivity index (χ2n) is 7.02. The summed E-state index contributed by atoms with van der Waals surface area (Å²) >= 11 is 0. The van der Waals surface area contributed by atoms with Crippen molar-refractivity contribution in [2.24, 2.45) is 17.8 Å². The van der Waals surface area contributed by atoms with Gasteiger partial charge in [0.2, 0.25) is 0 Å². The molecule has 2 aliphatic carbocycles. The maximum absolute atomic E-state index is 11.5. The third kappa shape index (κ3) is 2.23. The Kier molecular flexibility index (Phi) is 3.30.